The van der Waals surface area contributed by atoms with Crippen LogP contribution in [0, 0.1) is 4.77 Å². The summed E-state index contributed by atoms with van der Waals surface area (Å²) in [4.78, 5) is 3.00. The van der Waals surface area contributed by atoms with Gasteiger partial charge in [-0.15, -0.1) is 0 Å². The highest BCUT2D eigenvalue weighted by Crippen LogP contribution is 2.09. The van der Waals surface area contributed by atoms with Gasteiger partial charge in [-0.2, -0.15) is 0 Å². The minimum Gasteiger partial charge on any atom is -0.331 e. The highest BCUT2D eigenvalue weighted by molar-refractivity contribution is 7.71. The monoisotopic (exact) mass is 196 g/mol. The lowest BCUT2D eigenvalue weighted by Gasteiger charge is -1.94. The Hall–Kier alpha value is -1.09. The Morgan fingerprint density at radius 2 is 1.85 bits per heavy atom. The largest absolute Gasteiger partial charge is 0.331 e. The van der Waals surface area contributed by atoms with Crippen LogP contribution in [0.1, 0.15) is 25.2 Å². The first-order valence-electron chi connectivity index (χ1n) is 4.24. The van der Waals surface area contributed by atoms with E-state index < -0.39 is 0 Å². The van der Waals surface area contributed by atoms with Gasteiger partial charge in [0.25, 0.3) is 0 Å². The van der Waals surface area contributed by atoms with E-state index in [0.29, 0.717) is 4.77 Å². The molecule has 0 aliphatic rings. The SMILES string of the molecule is C=Cc1[nH]c(=S)n(C)c1C=C.CC. The summed E-state index contributed by atoms with van der Waals surface area (Å²) >= 11 is 5.01. The number of nitrogens with zero attached hydrogens (tertiary/aromatic N) is 1. The second-order valence-corrected chi connectivity index (χ2v) is 2.58. The lowest BCUT2D eigenvalue weighted by atomic mass is 10.3. The molecule has 0 aliphatic carbocycles. The first kappa shape index (κ1) is 11.9. The van der Waals surface area contributed by atoms with Gasteiger partial charge in [0.15, 0.2) is 4.77 Å². The Labute approximate surface area is 84.6 Å². The molecule has 1 aromatic rings. The summed E-state index contributed by atoms with van der Waals surface area (Å²) in [7, 11) is 1.89. The van der Waals surface area contributed by atoms with E-state index in [1.807, 2.05) is 25.5 Å². The molecule has 13 heavy (non-hydrogen) atoms. The Kier molecular flexibility index (Phi) is 5.07. The first-order chi connectivity index (χ1) is 6.20. The molecule has 0 amide bonds. The van der Waals surface area contributed by atoms with Crippen molar-refractivity contribution in [1.82, 2.24) is 9.55 Å². The molecule has 0 bridgehead atoms. The van der Waals surface area contributed by atoms with Crippen LogP contribution in [0.25, 0.3) is 12.2 Å². The van der Waals surface area contributed by atoms with Crippen LogP contribution in [-0.4, -0.2) is 9.55 Å². The Balaban J connectivity index is 0.000000671. The van der Waals surface area contributed by atoms with Crippen LogP contribution < -0.4 is 0 Å². The van der Waals surface area contributed by atoms with E-state index in [9.17, 15) is 0 Å². The number of nitrogens with one attached hydrogen (secondary N) is 1. The van der Waals surface area contributed by atoms with Gasteiger partial charge in [-0.3, -0.25) is 0 Å². The van der Waals surface area contributed by atoms with Crippen LogP contribution in [0.5, 0.6) is 0 Å². The minimum absolute atomic E-state index is 0.690. The molecule has 0 radical (unpaired) electrons. The van der Waals surface area contributed by atoms with Gasteiger partial charge in [0.05, 0.1) is 11.4 Å². The standard InChI is InChI=1S/C8H10N2S.C2H6/c1-4-6-7(5-2)10(3)8(11)9-6;1-2/h4-5H,1-2H2,3H3,(H,9,11);1-2H3. The second-order valence-electron chi connectivity index (χ2n) is 2.20. The molecule has 0 aliphatic heterocycles. The summed E-state index contributed by atoms with van der Waals surface area (Å²) < 4.78 is 2.55. The fraction of sp³-hybridized carbons (Fsp3) is 0.300. The van der Waals surface area contributed by atoms with Crippen molar-refractivity contribution in [2.75, 3.05) is 0 Å². The molecule has 0 aromatic carbocycles. The van der Waals surface area contributed by atoms with Crippen LogP contribution in [0.4, 0.5) is 0 Å². The number of H-pyrrole nitrogens is 1. The molecular formula is C10H16N2S. The quantitative estimate of drug-likeness (QED) is 0.719. The molecule has 0 spiro atoms. The summed E-state index contributed by atoms with van der Waals surface area (Å²) in [6, 6.07) is 0. The Morgan fingerprint density at radius 3 is 2.15 bits per heavy atom. The van der Waals surface area contributed by atoms with Crippen molar-refractivity contribution in [1.29, 1.82) is 0 Å². The maximum absolute atomic E-state index is 5.01. The molecule has 3 heteroatoms. The fourth-order valence-electron chi connectivity index (χ4n) is 0.956. The molecule has 1 aromatic heterocycles. The van der Waals surface area contributed by atoms with Crippen LogP contribution in [0.2, 0.25) is 0 Å². The van der Waals surface area contributed by atoms with Gasteiger partial charge < -0.3 is 9.55 Å². The lowest BCUT2D eigenvalue weighted by molar-refractivity contribution is 0.884. The highest BCUT2D eigenvalue weighted by Gasteiger charge is 2.00. The third-order valence-corrected chi connectivity index (χ3v) is 1.96. The Morgan fingerprint density at radius 1 is 1.31 bits per heavy atom. The zero-order valence-electron chi connectivity index (χ0n) is 8.42. The molecule has 72 valence electrons. The predicted octanol–water partition coefficient (Wildman–Crippen LogP) is 3.39. The Bertz CT molecular complexity index is 344. The molecule has 0 fully saturated rings. The summed E-state index contributed by atoms with van der Waals surface area (Å²) in [6.45, 7) is 11.3. The molecule has 2 nitrogen and oxygen atoms in total. The molecule has 1 rings (SSSR count). The summed E-state index contributed by atoms with van der Waals surface area (Å²) in [5, 5.41) is 0. The van der Waals surface area contributed by atoms with E-state index >= 15 is 0 Å². The van der Waals surface area contributed by atoms with Gasteiger partial charge in [0.2, 0.25) is 0 Å². The van der Waals surface area contributed by atoms with Crippen molar-refractivity contribution in [3.05, 3.63) is 29.3 Å². The van der Waals surface area contributed by atoms with Gasteiger partial charge in [-0.25, -0.2) is 0 Å². The van der Waals surface area contributed by atoms with Gasteiger partial charge in [0, 0.05) is 7.05 Å². The van der Waals surface area contributed by atoms with Crippen molar-refractivity contribution in [2.45, 2.75) is 13.8 Å². The molecule has 1 N–H and O–H groups in total. The zero-order chi connectivity index (χ0) is 10.4. The minimum atomic E-state index is 0.690. The van der Waals surface area contributed by atoms with E-state index in [1.54, 1.807) is 12.2 Å². The molecule has 1 heterocycles. The van der Waals surface area contributed by atoms with E-state index in [0.717, 1.165) is 11.4 Å². The number of aromatic amines is 1. The van der Waals surface area contributed by atoms with Gasteiger partial charge in [-0.1, -0.05) is 27.0 Å². The van der Waals surface area contributed by atoms with Crippen LogP contribution in [0.15, 0.2) is 13.2 Å². The molecule has 0 saturated heterocycles. The third kappa shape index (κ3) is 2.42. The first-order valence-corrected chi connectivity index (χ1v) is 4.65. The van der Waals surface area contributed by atoms with E-state index in [4.69, 9.17) is 12.2 Å². The van der Waals surface area contributed by atoms with Crippen molar-refractivity contribution < 1.29 is 0 Å². The van der Waals surface area contributed by atoms with Gasteiger partial charge >= 0.3 is 0 Å². The molecule has 0 unspecified atom stereocenters. The number of hydrogen-bond acceptors (Lipinski definition) is 1. The molecular weight excluding hydrogens is 180 g/mol. The van der Waals surface area contributed by atoms with E-state index in [2.05, 4.69) is 18.1 Å². The van der Waals surface area contributed by atoms with Crippen LogP contribution in [0.3, 0.4) is 0 Å². The van der Waals surface area contributed by atoms with Crippen LogP contribution >= 0.6 is 12.2 Å². The van der Waals surface area contributed by atoms with Crippen LogP contribution in [-0.2, 0) is 7.05 Å². The maximum atomic E-state index is 5.01. The molecule has 0 atom stereocenters. The van der Waals surface area contributed by atoms with E-state index in [1.165, 1.54) is 0 Å². The fourth-order valence-corrected chi connectivity index (χ4v) is 1.16. The lowest BCUT2D eigenvalue weighted by Crippen LogP contribution is -1.89. The van der Waals surface area contributed by atoms with Gasteiger partial charge in [-0.05, 0) is 24.4 Å². The molecule has 0 saturated carbocycles. The van der Waals surface area contributed by atoms with Crippen molar-refractivity contribution in [2.24, 2.45) is 7.05 Å². The topological polar surface area (TPSA) is 20.7 Å². The summed E-state index contributed by atoms with van der Waals surface area (Å²) in [5.41, 5.74) is 1.90. The highest BCUT2D eigenvalue weighted by atomic mass is 32.1. The zero-order valence-corrected chi connectivity index (χ0v) is 9.24. The number of aromatic nitrogens is 2. The van der Waals surface area contributed by atoms with Gasteiger partial charge in [0.1, 0.15) is 0 Å². The van der Waals surface area contributed by atoms with E-state index in [-0.39, 0.29) is 0 Å². The number of imidazole rings is 1. The second kappa shape index (κ2) is 5.54. The summed E-state index contributed by atoms with van der Waals surface area (Å²) in [6.07, 6.45) is 3.48. The average Bonchev–Trinajstić information content (AvgIpc) is 2.46. The normalized spacial score (nSPS) is 8.54. The summed E-state index contributed by atoms with van der Waals surface area (Å²) in [5.74, 6) is 0. The predicted molar refractivity (Wildman–Crippen MR) is 62.1 cm³/mol. The van der Waals surface area contributed by atoms with Crippen molar-refractivity contribution in [3.8, 4) is 0 Å². The average molecular weight is 196 g/mol. The smallest absolute Gasteiger partial charge is 0.177 e. The maximum Gasteiger partial charge on any atom is 0.177 e. The number of hydrogen-bond donors (Lipinski definition) is 1. The number of rotatable bonds is 2. The van der Waals surface area contributed by atoms with Crippen molar-refractivity contribution in [3.63, 3.8) is 0 Å². The van der Waals surface area contributed by atoms with Crippen molar-refractivity contribution >= 4 is 24.4 Å². The third-order valence-electron chi connectivity index (χ3n) is 1.58.